The number of hydrogen-bond donors (Lipinski definition) is 3. The summed E-state index contributed by atoms with van der Waals surface area (Å²) in [6, 6.07) is 0. The van der Waals surface area contributed by atoms with E-state index in [1.165, 1.54) is 238 Å². The molecular formula is C81H158O17P2. The highest BCUT2D eigenvalue weighted by atomic mass is 31.2. The second kappa shape index (κ2) is 72.6. The van der Waals surface area contributed by atoms with Gasteiger partial charge in [0.15, 0.2) is 12.2 Å². The number of phosphoric acid groups is 2. The molecule has 100 heavy (non-hydrogen) atoms. The van der Waals surface area contributed by atoms with Crippen molar-refractivity contribution in [3.8, 4) is 0 Å². The average molecular weight is 1470 g/mol. The van der Waals surface area contributed by atoms with Gasteiger partial charge in [0.25, 0.3) is 0 Å². The molecule has 5 atom stereocenters. The van der Waals surface area contributed by atoms with Gasteiger partial charge in [0.05, 0.1) is 26.4 Å². The molecule has 0 aromatic rings. The standard InChI is InChI=1S/C81H158O17P2/c1-7-9-11-13-15-17-19-21-23-25-26-27-29-31-33-35-40-46-53-59-65-80(85)97-76(69-91-78(83)63-57-51-45-39-34-32-30-28-24-22-20-18-16-14-12-10-8-2)71-95-99(87,88)93-67-75(82)68-94-100(89,90)96-72-77(70-92-79(84)64-58-52-48-42-44-50-56-62-74(5)6)98-81(86)66-60-54-47-41-37-36-38-43-49-55-61-73(3)4/h73-77,82H,7-72H2,1-6H3,(H,87,88)(H,89,90)/t75-,76-,77-/m1/s1. The largest absolute Gasteiger partial charge is 0.472 e. The van der Waals surface area contributed by atoms with Gasteiger partial charge >= 0.3 is 39.5 Å². The molecule has 17 nitrogen and oxygen atoms in total. The predicted molar refractivity (Wildman–Crippen MR) is 409 cm³/mol. The van der Waals surface area contributed by atoms with Crippen LogP contribution in [-0.4, -0.2) is 96.7 Å². The zero-order valence-corrected chi connectivity index (χ0v) is 67.3. The van der Waals surface area contributed by atoms with E-state index in [2.05, 4.69) is 41.5 Å². The summed E-state index contributed by atoms with van der Waals surface area (Å²) in [4.78, 5) is 73.0. The highest BCUT2D eigenvalue weighted by Crippen LogP contribution is 2.45. The van der Waals surface area contributed by atoms with Gasteiger partial charge in [-0.3, -0.25) is 37.3 Å². The minimum Gasteiger partial charge on any atom is -0.462 e. The molecule has 2 unspecified atom stereocenters. The number of unbranched alkanes of at least 4 members (excludes halogenated alkanes) is 50. The summed E-state index contributed by atoms with van der Waals surface area (Å²) in [5.41, 5.74) is 0. The van der Waals surface area contributed by atoms with Crippen LogP contribution in [0.1, 0.15) is 427 Å². The van der Waals surface area contributed by atoms with Gasteiger partial charge in [0.2, 0.25) is 0 Å². The molecule has 0 aliphatic rings. The summed E-state index contributed by atoms with van der Waals surface area (Å²) < 4.78 is 68.7. The van der Waals surface area contributed by atoms with E-state index >= 15 is 0 Å². The SMILES string of the molecule is CCCCCCCCCCCCCCCCCCCCCCC(=O)O[C@H](COC(=O)CCCCCCCCCCCCCCCCCCC)COP(=O)(O)OC[C@@H](O)COP(=O)(O)OC[C@@H](COC(=O)CCCCCCCCCC(C)C)OC(=O)CCCCCCCCCCCCC(C)C. The minimum absolute atomic E-state index is 0.105. The Morgan fingerprint density at radius 3 is 0.680 bits per heavy atom. The molecule has 0 heterocycles. The van der Waals surface area contributed by atoms with Crippen molar-refractivity contribution in [1.82, 2.24) is 0 Å². The topological polar surface area (TPSA) is 237 Å². The number of aliphatic hydroxyl groups excluding tert-OH is 1. The van der Waals surface area contributed by atoms with Crippen molar-refractivity contribution >= 4 is 39.5 Å². The van der Waals surface area contributed by atoms with Crippen molar-refractivity contribution in [3.05, 3.63) is 0 Å². The van der Waals surface area contributed by atoms with E-state index in [0.717, 1.165) is 102 Å². The summed E-state index contributed by atoms with van der Waals surface area (Å²) in [7, 11) is -9.92. The Balaban J connectivity index is 5.23. The molecule has 0 saturated heterocycles. The van der Waals surface area contributed by atoms with E-state index in [4.69, 9.17) is 37.0 Å². The van der Waals surface area contributed by atoms with E-state index in [1.54, 1.807) is 0 Å². The summed E-state index contributed by atoms with van der Waals surface area (Å²) >= 11 is 0. The molecule has 0 aromatic heterocycles. The lowest BCUT2D eigenvalue weighted by Gasteiger charge is -2.21. The van der Waals surface area contributed by atoms with Crippen LogP contribution in [0.2, 0.25) is 0 Å². The Hall–Kier alpha value is -1.94. The molecule has 0 fully saturated rings. The van der Waals surface area contributed by atoms with E-state index in [-0.39, 0.29) is 25.7 Å². The van der Waals surface area contributed by atoms with Crippen LogP contribution in [0.3, 0.4) is 0 Å². The zero-order chi connectivity index (χ0) is 73.5. The average Bonchev–Trinajstić information content (AvgIpc) is 0.934. The lowest BCUT2D eigenvalue weighted by atomic mass is 10.0. The maximum atomic E-state index is 13.1. The van der Waals surface area contributed by atoms with Gasteiger partial charge in [-0.1, -0.05) is 375 Å². The van der Waals surface area contributed by atoms with Crippen molar-refractivity contribution < 1.29 is 80.2 Å². The molecule has 0 radical (unpaired) electrons. The molecule has 19 heteroatoms. The lowest BCUT2D eigenvalue weighted by Crippen LogP contribution is -2.30. The van der Waals surface area contributed by atoms with E-state index in [9.17, 15) is 43.2 Å². The first kappa shape index (κ1) is 98.1. The molecule has 0 bridgehead atoms. The van der Waals surface area contributed by atoms with Gasteiger partial charge in [-0.05, 0) is 37.5 Å². The van der Waals surface area contributed by atoms with Gasteiger partial charge in [-0.15, -0.1) is 0 Å². The second-order valence-electron chi connectivity index (χ2n) is 30.1. The third-order valence-corrected chi connectivity index (χ3v) is 20.9. The number of ether oxygens (including phenoxy) is 4. The summed E-state index contributed by atoms with van der Waals surface area (Å²) in [6.07, 6.45) is 62.6. The van der Waals surface area contributed by atoms with Gasteiger partial charge < -0.3 is 33.8 Å². The molecule has 0 saturated carbocycles. The first-order chi connectivity index (χ1) is 48.4. The highest BCUT2D eigenvalue weighted by molar-refractivity contribution is 7.47. The lowest BCUT2D eigenvalue weighted by molar-refractivity contribution is -0.161. The summed E-state index contributed by atoms with van der Waals surface area (Å²) in [6.45, 7) is 9.57. The monoisotopic (exact) mass is 1470 g/mol. The van der Waals surface area contributed by atoms with Crippen LogP contribution in [0.4, 0.5) is 0 Å². The first-order valence-electron chi connectivity index (χ1n) is 42.0. The van der Waals surface area contributed by atoms with Gasteiger partial charge in [-0.25, -0.2) is 9.13 Å². The molecule has 0 rings (SSSR count). The van der Waals surface area contributed by atoms with Crippen molar-refractivity contribution in [1.29, 1.82) is 0 Å². The normalized spacial score (nSPS) is 13.9. The highest BCUT2D eigenvalue weighted by Gasteiger charge is 2.30. The van der Waals surface area contributed by atoms with E-state index in [1.807, 2.05) is 0 Å². The quantitative estimate of drug-likeness (QED) is 0.0222. The Bertz CT molecular complexity index is 1920. The van der Waals surface area contributed by atoms with Crippen molar-refractivity contribution in [2.75, 3.05) is 39.6 Å². The van der Waals surface area contributed by atoms with Crippen LogP contribution in [0, 0.1) is 11.8 Å². The molecule has 0 amide bonds. The molecule has 0 aromatic carbocycles. The van der Waals surface area contributed by atoms with E-state index in [0.29, 0.717) is 31.6 Å². The number of carbonyl (C=O) groups excluding carboxylic acids is 4. The molecular weight excluding hydrogens is 1310 g/mol. The first-order valence-corrected chi connectivity index (χ1v) is 45.0. The number of esters is 4. The van der Waals surface area contributed by atoms with E-state index < -0.39 is 97.5 Å². The Kier molecular flexibility index (Phi) is 71.2. The fourth-order valence-electron chi connectivity index (χ4n) is 12.5. The van der Waals surface area contributed by atoms with Crippen molar-refractivity contribution in [2.45, 2.75) is 445 Å². The second-order valence-corrected chi connectivity index (χ2v) is 33.0. The minimum atomic E-state index is -4.96. The van der Waals surface area contributed by atoms with Crippen LogP contribution in [0.15, 0.2) is 0 Å². The number of rotatable bonds is 80. The van der Waals surface area contributed by atoms with Crippen LogP contribution in [-0.2, 0) is 65.4 Å². The zero-order valence-electron chi connectivity index (χ0n) is 65.5. The third kappa shape index (κ3) is 74.3. The fourth-order valence-corrected chi connectivity index (χ4v) is 14.1. The number of phosphoric ester groups is 2. The number of hydrogen-bond acceptors (Lipinski definition) is 15. The van der Waals surface area contributed by atoms with Gasteiger partial charge in [0, 0.05) is 25.7 Å². The number of carbonyl (C=O) groups is 4. The van der Waals surface area contributed by atoms with Gasteiger partial charge in [0.1, 0.15) is 19.3 Å². The van der Waals surface area contributed by atoms with Crippen LogP contribution in [0.5, 0.6) is 0 Å². The third-order valence-electron chi connectivity index (χ3n) is 19.0. The maximum absolute atomic E-state index is 13.1. The van der Waals surface area contributed by atoms with Crippen LogP contribution >= 0.6 is 15.6 Å². The molecule has 0 spiro atoms. The van der Waals surface area contributed by atoms with Crippen LogP contribution < -0.4 is 0 Å². The smallest absolute Gasteiger partial charge is 0.462 e. The molecule has 594 valence electrons. The predicted octanol–water partition coefficient (Wildman–Crippen LogP) is 24.3. The molecule has 0 aliphatic heterocycles. The number of aliphatic hydroxyl groups is 1. The maximum Gasteiger partial charge on any atom is 0.472 e. The van der Waals surface area contributed by atoms with Crippen molar-refractivity contribution in [2.24, 2.45) is 11.8 Å². The van der Waals surface area contributed by atoms with Gasteiger partial charge in [-0.2, -0.15) is 0 Å². The Labute approximate surface area is 613 Å². The Morgan fingerprint density at radius 1 is 0.270 bits per heavy atom. The molecule has 0 aliphatic carbocycles. The van der Waals surface area contributed by atoms with Crippen LogP contribution in [0.25, 0.3) is 0 Å². The molecule has 3 N–H and O–H groups in total. The summed E-state index contributed by atoms with van der Waals surface area (Å²) in [5, 5.41) is 10.6. The fraction of sp³-hybridized carbons (Fsp3) is 0.951. The summed E-state index contributed by atoms with van der Waals surface area (Å²) in [5.74, 6) is -0.653. The van der Waals surface area contributed by atoms with Crippen molar-refractivity contribution in [3.63, 3.8) is 0 Å². The Morgan fingerprint density at radius 2 is 0.460 bits per heavy atom.